The Balaban J connectivity index is 1.73. The maximum Gasteiger partial charge on any atom is 0.270 e. The lowest BCUT2D eigenvalue weighted by Gasteiger charge is -2.06. The molecule has 0 aliphatic rings. The first-order valence-corrected chi connectivity index (χ1v) is 9.19. The third kappa shape index (κ3) is 4.68. The lowest BCUT2D eigenvalue weighted by Crippen LogP contribution is -2.11. The van der Waals surface area contributed by atoms with Crippen LogP contribution >= 0.6 is 11.3 Å². The number of nitrogens with one attached hydrogen (secondary N) is 1. The van der Waals surface area contributed by atoms with E-state index in [-0.39, 0.29) is 11.6 Å². The van der Waals surface area contributed by atoms with Crippen LogP contribution in [0.25, 0.3) is 11.3 Å². The fraction of sp³-hybridized carbons (Fsp3) is 0.158. The summed E-state index contributed by atoms with van der Waals surface area (Å²) < 4.78 is 5.54. The van der Waals surface area contributed by atoms with Crippen molar-refractivity contribution in [3.05, 3.63) is 69.6 Å². The van der Waals surface area contributed by atoms with E-state index >= 15 is 0 Å². The second-order valence-corrected chi connectivity index (χ2v) is 6.53. The van der Waals surface area contributed by atoms with Gasteiger partial charge in [0.1, 0.15) is 5.75 Å². The van der Waals surface area contributed by atoms with Crippen molar-refractivity contribution >= 4 is 28.1 Å². The molecule has 1 aromatic heterocycles. The minimum atomic E-state index is -0.452. The molecular formula is C19H17N3O4S. The number of ether oxygens (including phenoxy) is 1. The van der Waals surface area contributed by atoms with Gasteiger partial charge >= 0.3 is 0 Å². The molecule has 0 spiro atoms. The molecule has 0 unspecified atom stereocenters. The van der Waals surface area contributed by atoms with Gasteiger partial charge in [0.15, 0.2) is 5.13 Å². The van der Waals surface area contributed by atoms with Gasteiger partial charge in [0.05, 0.1) is 17.2 Å². The van der Waals surface area contributed by atoms with Crippen molar-refractivity contribution in [2.45, 2.75) is 13.3 Å². The molecule has 0 fully saturated rings. The largest absolute Gasteiger partial charge is 0.494 e. The van der Waals surface area contributed by atoms with E-state index in [4.69, 9.17) is 4.74 Å². The zero-order valence-electron chi connectivity index (χ0n) is 14.5. The SMILES string of the molecule is CCCOc1cccc(C(=O)Nc2nc(-c3cccc([N+](=O)[O-])c3)cs2)c1. The Morgan fingerprint density at radius 1 is 1.26 bits per heavy atom. The summed E-state index contributed by atoms with van der Waals surface area (Å²) in [6, 6.07) is 13.2. The highest BCUT2D eigenvalue weighted by molar-refractivity contribution is 7.14. The molecule has 0 aliphatic carbocycles. The van der Waals surface area contributed by atoms with Crippen molar-refractivity contribution in [2.24, 2.45) is 0 Å². The number of thiazole rings is 1. The van der Waals surface area contributed by atoms with Gasteiger partial charge in [-0.2, -0.15) is 0 Å². The number of non-ortho nitro benzene ring substituents is 1. The Morgan fingerprint density at radius 3 is 2.85 bits per heavy atom. The number of carbonyl (C=O) groups excluding carboxylic acids is 1. The molecule has 7 nitrogen and oxygen atoms in total. The van der Waals surface area contributed by atoms with Gasteiger partial charge in [-0.25, -0.2) is 4.98 Å². The molecule has 8 heteroatoms. The van der Waals surface area contributed by atoms with Crippen molar-refractivity contribution in [1.82, 2.24) is 4.98 Å². The molecule has 3 rings (SSSR count). The lowest BCUT2D eigenvalue weighted by atomic mass is 10.1. The van der Waals surface area contributed by atoms with Crippen LogP contribution in [0.3, 0.4) is 0 Å². The Morgan fingerprint density at radius 2 is 2.07 bits per heavy atom. The number of hydrogen-bond acceptors (Lipinski definition) is 6. The Kier molecular flexibility index (Phi) is 5.77. The minimum Gasteiger partial charge on any atom is -0.494 e. The van der Waals surface area contributed by atoms with Crippen LogP contribution in [0.4, 0.5) is 10.8 Å². The van der Waals surface area contributed by atoms with Crippen molar-refractivity contribution in [1.29, 1.82) is 0 Å². The van der Waals surface area contributed by atoms with Gasteiger partial charge in [-0.1, -0.05) is 25.1 Å². The fourth-order valence-electron chi connectivity index (χ4n) is 2.36. The molecule has 138 valence electrons. The van der Waals surface area contributed by atoms with Crippen LogP contribution in [0.2, 0.25) is 0 Å². The topological polar surface area (TPSA) is 94.4 Å². The average Bonchev–Trinajstić information content (AvgIpc) is 3.15. The Bertz CT molecular complexity index is 971. The standard InChI is InChI=1S/C19H17N3O4S/c1-2-9-26-16-8-4-6-14(11-16)18(23)21-19-20-17(12-27-19)13-5-3-7-15(10-13)22(24)25/h3-8,10-12H,2,9H2,1H3,(H,20,21,23). The van der Waals surface area contributed by atoms with Gasteiger partial charge in [0.2, 0.25) is 0 Å². The van der Waals surface area contributed by atoms with Gasteiger partial charge < -0.3 is 4.74 Å². The monoisotopic (exact) mass is 383 g/mol. The minimum absolute atomic E-state index is 0.00465. The number of hydrogen-bond donors (Lipinski definition) is 1. The number of amides is 1. The van der Waals surface area contributed by atoms with E-state index in [2.05, 4.69) is 10.3 Å². The van der Waals surface area contributed by atoms with Gasteiger partial charge in [-0.05, 0) is 24.6 Å². The van der Waals surface area contributed by atoms with Crippen LogP contribution in [-0.2, 0) is 0 Å². The van der Waals surface area contributed by atoms with Gasteiger partial charge in [-0.15, -0.1) is 11.3 Å². The third-order valence-corrected chi connectivity index (χ3v) is 4.40. The summed E-state index contributed by atoms with van der Waals surface area (Å²) in [5, 5.41) is 15.8. The molecule has 0 radical (unpaired) electrons. The maximum atomic E-state index is 12.4. The van der Waals surface area contributed by atoms with Crippen LogP contribution in [0.5, 0.6) is 5.75 Å². The molecule has 0 atom stereocenters. The summed E-state index contributed by atoms with van der Waals surface area (Å²) in [4.78, 5) is 27.2. The molecule has 0 aliphatic heterocycles. The highest BCUT2D eigenvalue weighted by atomic mass is 32.1. The van der Waals surface area contributed by atoms with Crippen LogP contribution < -0.4 is 10.1 Å². The average molecular weight is 383 g/mol. The van der Waals surface area contributed by atoms with Gasteiger partial charge in [0.25, 0.3) is 11.6 Å². The summed E-state index contributed by atoms with van der Waals surface area (Å²) in [5.74, 6) is 0.345. The van der Waals surface area contributed by atoms with E-state index < -0.39 is 4.92 Å². The van der Waals surface area contributed by atoms with Crippen LogP contribution in [-0.4, -0.2) is 22.4 Å². The van der Waals surface area contributed by atoms with E-state index in [1.54, 1.807) is 41.8 Å². The quantitative estimate of drug-likeness (QED) is 0.469. The fourth-order valence-corrected chi connectivity index (χ4v) is 3.07. The lowest BCUT2D eigenvalue weighted by molar-refractivity contribution is -0.384. The normalized spacial score (nSPS) is 10.4. The number of nitro benzene ring substituents is 1. The molecule has 0 bridgehead atoms. The third-order valence-electron chi connectivity index (χ3n) is 3.65. The molecule has 27 heavy (non-hydrogen) atoms. The highest BCUT2D eigenvalue weighted by Crippen LogP contribution is 2.27. The number of nitrogens with zero attached hydrogens (tertiary/aromatic N) is 2. The van der Waals surface area contributed by atoms with Crippen molar-refractivity contribution in [3.63, 3.8) is 0 Å². The van der Waals surface area contributed by atoms with E-state index in [1.165, 1.54) is 23.5 Å². The highest BCUT2D eigenvalue weighted by Gasteiger charge is 2.13. The number of anilines is 1. The molecule has 1 heterocycles. The molecule has 3 aromatic rings. The maximum absolute atomic E-state index is 12.4. The van der Waals surface area contributed by atoms with E-state index in [0.29, 0.717) is 34.3 Å². The van der Waals surface area contributed by atoms with Crippen molar-refractivity contribution < 1.29 is 14.5 Å². The molecule has 0 saturated carbocycles. The summed E-state index contributed by atoms with van der Waals surface area (Å²) >= 11 is 1.26. The predicted octanol–water partition coefficient (Wildman–Crippen LogP) is 4.76. The Labute approximate surface area is 159 Å². The van der Waals surface area contributed by atoms with E-state index in [0.717, 1.165) is 6.42 Å². The first kappa shape index (κ1) is 18.5. The number of benzene rings is 2. The van der Waals surface area contributed by atoms with Crippen molar-refractivity contribution in [2.75, 3.05) is 11.9 Å². The van der Waals surface area contributed by atoms with Crippen molar-refractivity contribution in [3.8, 4) is 17.0 Å². The number of carbonyl (C=O) groups is 1. The molecule has 2 aromatic carbocycles. The zero-order valence-corrected chi connectivity index (χ0v) is 15.4. The van der Waals surface area contributed by atoms with E-state index in [1.807, 2.05) is 6.92 Å². The second-order valence-electron chi connectivity index (χ2n) is 5.68. The molecule has 0 saturated heterocycles. The number of rotatable bonds is 7. The van der Waals surface area contributed by atoms with Crippen LogP contribution in [0.15, 0.2) is 53.9 Å². The summed E-state index contributed by atoms with van der Waals surface area (Å²) in [6.07, 6.45) is 0.885. The molecule has 1 amide bonds. The summed E-state index contributed by atoms with van der Waals surface area (Å²) in [7, 11) is 0. The van der Waals surface area contributed by atoms with Gasteiger partial charge in [0, 0.05) is 28.6 Å². The first-order valence-electron chi connectivity index (χ1n) is 8.31. The summed E-state index contributed by atoms with van der Waals surface area (Å²) in [5.41, 5.74) is 1.65. The first-order chi connectivity index (χ1) is 13.1. The number of nitro groups is 1. The summed E-state index contributed by atoms with van der Waals surface area (Å²) in [6.45, 7) is 2.60. The zero-order chi connectivity index (χ0) is 19.2. The van der Waals surface area contributed by atoms with Gasteiger partial charge in [-0.3, -0.25) is 20.2 Å². The van der Waals surface area contributed by atoms with E-state index in [9.17, 15) is 14.9 Å². The van der Waals surface area contributed by atoms with Crippen LogP contribution in [0.1, 0.15) is 23.7 Å². The predicted molar refractivity (Wildman–Crippen MR) is 104 cm³/mol. The smallest absolute Gasteiger partial charge is 0.270 e. The molecular weight excluding hydrogens is 366 g/mol. The molecule has 1 N–H and O–H groups in total. The second kappa shape index (κ2) is 8.41. The Hall–Kier alpha value is -3.26. The number of aromatic nitrogens is 1. The van der Waals surface area contributed by atoms with Crippen LogP contribution in [0, 0.1) is 10.1 Å².